The van der Waals surface area contributed by atoms with Crippen molar-refractivity contribution in [1.29, 1.82) is 0 Å². The number of aromatic nitrogens is 2. The van der Waals surface area contributed by atoms with Crippen molar-refractivity contribution in [3.8, 4) is 0 Å². The Morgan fingerprint density at radius 1 is 1.05 bits per heavy atom. The number of nitrogens with two attached hydrogens (primary N) is 1. The molecule has 3 aromatic rings. The number of nitrogens with zero attached hydrogens (tertiary/aromatic N) is 1. The van der Waals surface area contributed by atoms with Gasteiger partial charge in [-0.2, -0.15) is 0 Å². The number of H-pyrrole nitrogens is 1. The first-order chi connectivity index (χ1) is 9.69. The molecule has 0 aliphatic carbocycles. The van der Waals surface area contributed by atoms with E-state index in [0.717, 1.165) is 17.2 Å². The molecule has 3 nitrogen and oxygen atoms in total. The van der Waals surface area contributed by atoms with Crippen molar-refractivity contribution in [3.05, 3.63) is 65.0 Å². The first kappa shape index (κ1) is 12.7. The van der Waals surface area contributed by atoms with Gasteiger partial charge in [0.25, 0.3) is 0 Å². The first-order valence-corrected chi connectivity index (χ1v) is 6.28. The van der Waals surface area contributed by atoms with Crippen LogP contribution in [0.3, 0.4) is 0 Å². The molecule has 20 heavy (non-hydrogen) atoms. The Bertz CT molecular complexity index is 765. The molecule has 3 N–H and O–H groups in total. The van der Waals surface area contributed by atoms with E-state index >= 15 is 0 Å². The van der Waals surface area contributed by atoms with Crippen molar-refractivity contribution < 1.29 is 8.78 Å². The summed E-state index contributed by atoms with van der Waals surface area (Å²) >= 11 is 0. The zero-order valence-corrected chi connectivity index (χ0v) is 10.7. The summed E-state index contributed by atoms with van der Waals surface area (Å²) in [4.78, 5) is 7.14. The standard InChI is InChI=1S/C15H13F2N3/c16-11-5-6-12-15(14(11)17)20-13(19-12)7-9-3-1-2-4-10(9)8-18/h1-6H,7-8,18H2,(H,19,20). The molecule has 102 valence electrons. The lowest BCUT2D eigenvalue weighted by Gasteiger charge is -2.05. The Morgan fingerprint density at radius 2 is 1.80 bits per heavy atom. The summed E-state index contributed by atoms with van der Waals surface area (Å²) in [6, 6.07) is 10.3. The fourth-order valence-electron chi connectivity index (χ4n) is 2.26. The molecule has 0 fully saturated rings. The zero-order valence-electron chi connectivity index (χ0n) is 10.7. The number of fused-ring (bicyclic) bond motifs is 1. The van der Waals surface area contributed by atoms with Crippen LogP contribution in [0.25, 0.3) is 11.0 Å². The minimum absolute atomic E-state index is 0.0326. The second kappa shape index (κ2) is 5.02. The Morgan fingerprint density at radius 3 is 2.55 bits per heavy atom. The molecule has 5 heteroatoms. The average Bonchev–Trinajstić information content (AvgIpc) is 2.87. The van der Waals surface area contributed by atoms with E-state index in [0.29, 0.717) is 24.3 Å². The number of hydrogen-bond acceptors (Lipinski definition) is 2. The average molecular weight is 273 g/mol. The minimum atomic E-state index is -0.919. The molecule has 0 bridgehead atoms. The van der Waals surface area contributed by atoms with E-state index in [-0.39, 0.29) is 5.52 Å². The van der Waals surface area contributed by atoms with Crippen molar-refractivity contribution in [2.75, 3.05) is 0 Å². The van der Waals surface area contributed by atoms with Crippen LogP contribution in [0.4, 0.5) is 8.78 Å². The van der Waals surface area contributed by atoms with Crippen molar-refractivity contribution in [1.82, 2.24) is 9.97 Å². The van der Waals surface area contributed by atoms with Gasteiger partial charge in [0.05, 0.1) is 5.52 Å². The highest BCUT2D eigenvalue weighted by Crippen LogP contribution is 2.20. The van der Waals surface area contributed by atoms with Gasteiger partial charge in [-0.05, 0) is 23.3 Å². The SMILES string of the molecule is NCc1ccccc1Cc1nc2c(F)c(F)ccc2[nH]1. The number of benzene rings is 2. The fourth-order valence-corrected chi connectivity index (χ4v) is 2.26. The quantitative estimate of drug-likeness (QED) is 0.771. The summed E-state index contributed by atoms with van der Waals surface area (Å²) in [6.45, 7) is 0.430. The zero-order chi connectivity index (χ0) is 14.1. The molecule has 0 unspecified atom stereocenters. The smallest absolute Gasteiger partial charge is 0.186 e. The molecule has 0 saturated heterocycles. The maximum absolute atomic E-state index is 13.6. The second-order valence-electron chi connectivity index (χ2n) is 4.59. The van der Waals surface area contributed by atoms with E-state index < -0.39 is 11.6 Å². The number of rotatable bonds is 3. The highest BCUT2D eigenvalue weighted by atomic mass is 19.2. The molecule has 3 rings (SSSR count). The van der Waals surface area contributed by atoms with Gasteiger partial charge >= 0.3 is 0 Å². The highest BCUT2D eigenvalue weighted by Gasteiger charge is 2.12. The Hall–Kier alpha value is -2.27. The van der Waals surface area contributed by atoms with Gasteiger partial charge in [-0.15, -0.1) is 0 Å². The van der Waals surface area contributed by atoms with Gasteiger partial charge in [-0.3, -0.25) is 0 Å². The summed E-state index contributed by atoms with van der Waals surface area (Å²) in [5.74, 6) is -1.22. The molecule has 1 heterocycles. The van der Waals surface area contributed by atoms with E-state index in [1.165, 1.54) is 6.07 Å². The van der Waals surface area contributed by atoms with Gasteiger partial charge in [-0.25, -0.2) is 13.8 Å². The van der Waals surface area contributed by atoms with E-state index in [2.05, 4.69) is 9.97 Å². The van der Waals surface area contributed by atoms with Gasteiger partial charge in [0.15, 0.2) is 11.6 Å². The number of aromatic amines is 1. The molecular weight excluding hydrogens is 260 g/mol. The summed E-state index contributed by atoms with van der Waals surface area (Å²) in [5.41, 5.74) is 8.24. The summed E-state index contributed by atoms with van der Waals surface area (Å²) < 4.78 is 26.8. The number of nitrogens with one attached hydrogen (secondary N) is 1. The van der Waals surface area contributed by atoms with Crippen molar-refractivity contribution in [3.63, 3.8) is 0 Å². The number of hydrogen-bond donors (Lipinski definition) is 2. The number of halogens is 2. The molecule has 0 spiro atoms. The maximum atomic E-state index is 13.6. The van der Waals surface area contributed by atoms with Crippen LogP contribution in [-0.4, -0.2) is 9.97 Å². The molecule has 0 saturated carbocycles. The minimum Gasteiger partial charge on any atom is -0.342 e. The molecule has 0 radical (unpaired) electrons. The van der Waals surface area contributed by atoms with Crippen LogP contribution in [0, 0.1) is 11.6 Å². The van der Waals surface area contributed by atoms with Gasteiger partial charge < -0.3 is 10.7 Å². The normalized spacial score (nSPS) is 11.2. The number of imidazole rings is 1. The van der Waals surface area contributed by atoms with Gasteiger partial charge in [-0.1, -0.05) is 24.3 Å². The highest BCUT2D eigenvalue weighted by molar-refractivity contribution is 5.75. The topological polar surface area (TPSA) is 54.7 Å². The Balaban J connectivity index is 2.01. The van der Waals surface area contributed by atoms with E-state index in [9.17, 15) is 8.78 Å². The van der Waals surface area contributed by atoms with Crippen LogP contribution in [0.5, 0.6) is 0 Å². The van der Waals surface area contributed by atoms with Crippen LogP contribution < -0.4 is 5.73 Å². The van der Waals surface area contributed by atoms with Gasteiger partial charge in [0.1, 0.15) is 11.3 Å². The molecule has 0 aliphatic rings. The fraction of sp³-hybridized carbons (Fsp3) is 0.133. The van der Waals surface area contributed by atoms with Crippen LogP contribution in [0.2, 0.25) is 0 Å². The lowest BCUT2D eigenvalue weighted by atomic mass is 10.0. The summed E-state index contributed by atoms with van der Waals surface area (Å²) in [5, 5.41) is 0. The van der Waals surface area contributed by atoms with Gasteiger partial charge in [0.2, 0.25) is 0 Å². The maximum Gasteiger partial charge on any atom is 0.186 e. The lowest BCUT2D eigenvalue weighted by Crippen LogP contribution is -2.02. The molecule has 1 aromatic heterocycles. The van der Waals surface area contributed by atoms with Crippen molar-refractivity contribution >= 4 is 11.0 Å². The summed E-state index contributed by atoms with van der Waals surface area (Å²) in [6.07, 6.45) is 0.503. The molecule has 0 amide bonds. The van der Waals surface area contributed by atoms with E-state index in [1.807, 2.05) is 24.3 Å². The lowest BCUT2D eigenvalue weighted by molar-refractivity contribution is 0.515. The van der Waals surface area contributed by atoms with Crippen LogP contribution in [-0.2, 0) is 13.0 Å². The monoisotopic (exact) mass is 273 g/mol. The largest absolute Gasteiger partial charge is 0.342 e. The molecule has 2 aromatic carbocycles. The van der Waals surface area contributed by atoms with Gasteiger partial charge in [0, 0.05) is 13.0 Å². The van der Waals surface area contributed by atoms with Crippen LogP contribution in [0.1, 0.15) is 17.0 Å². The molecule has 0 atom stereocenters. The van der Waals surface area contributed by atoms with Crippen molar-refractivity contribution in [2.45, 2.75) is 13.0 Å². The second-order valence-corrected chi connectivity index (χ2v) is 4.59. The summed E-state index contributed by atoms with van der Waals surface area (Å²) in [7, 11) is 0. The van der Waals surface area contributed by atoms with Crippen molar-refractivity contribution in [2.24, 2.45) is 5.73 Å². The third-order valence-electron chi connectivity index (χ3n) is 3.29. The van der Waals surface area contributed by atoms with Crippen LogP contribution in [0.15, 0.2) is 36.4 Å². The third-order valence-corrected chi connectivity index (χ3v) is 3.29. The van der Waals surface area contributed by atoms with E-state index in [1.54, 1.807) is 0 Å². The Kier molecular flexibility index (Phi) is 3.20. The van der Waals surface area contributed by atoms with E-state index in [4.69, 9.17) is 5.73 Å². The first-order valence-electron chi connectivity index (χ1n) is 6.28. The molecular formula is C15H13F2N3. The van der Waals surface area contributed by atoms with Crippen LogP contribution >= 0.6 is 0 Å². The third kappa shape index (κ3) is 2.16. The Labute approximate surface area is 114 Å². The predicted octanol–water partition coefficient (Wildman–Crippen LogP) is 2.89. The predicted molar refractivity (Wildman–Crippen MR) is 73.1 cm³/mol. The molecule has 0 aliphatic heterocycles.